The SMILES string of the molecule is CC(C)(C)C1CCc2nc3ccccc3c(C(=O)OCC(=O)Nc3cccc(I)c3)c2C1. The average molecular weight is 542 g/mol. The molecule has 166 valence electrons. The van der Waals surface area contributed by atoms with E-state index in [0.29, 0.717) is 17.2 Å². The van der Waals surface area contributed by atoms with Crippen molar-refractivity contribution in [2.24, 2.45) is 11.3 Å². The number of benzene rings is 2. The standard InChI is InChI=1S/C26H27IN2O3/c1-26(2,3)16-11-12-22-20(13-16)24(19-9-4-5-10-21(19)29-22)25(31)32-15-23(30)28-18-8-6-7-17(27)14-18/h4-10,14,16H,11-13,15H2,1-3H3,(H,28,30). The molecule has 3 aromatic rings. The fourth-order valence-corrected chi connectivity index (χ4v) is 4.87. The molecule has 1 aliphatic carbocycles. The van der Waals surface area contributed by atoms with Gasteiger partial charge < -0.3 is 10.1 Å². The molecule has 0 bridgehead atoms. The number of amides is 1. The Morgan fingerprint density at radius 3 is 2.69 bits per heavy atom. The number of halogens is 1. The molecule has 1 atom stereocenters. The van der Waals surface area contributed by atoms with Crippen LogP contribution in [0.1, 0.15) is 48.8 Å². The van der Waals surface area contributed by atoms with Crippen molar-refractivity contribution in [1.82, 2.24) is 4.98 Å². The van der Waals surface area contributed by atoms with Gasteiger partial charge in [0.1, 0.15) is 0 Å². The molecule has 0 fully saturated rings. The Morgan fingerprint density at radius 1 is 1.16 bits per heavy atom. The molecular weight excluding hydrogens is 515 g/mol. The second kappa shape index (κ2) is 9.17. The number of para-hydroxylation sites is 1. The molecule has 2 aromatic carbocycles. The number of nitrogens with zero attached hydrogens (tertiary/aromatic N) is 1. The monoisotopic (exact) mass is 542 g/mol. The van der Waals surface area contributed by atoms with E-state index in [1.165, 1.54) is 0 Å². The number of hydrogen-bond donors (Lipinski definition) is 1. The van der Waals surface area contributed by atoms with Gasteiger partial charge in [0.25, 0.3) is 5.91 Å². The average Bonchev–Trinajstić information content (AvgIpc) is 2.74. The lowest BCUT2D eigenvalue weighted by atomic mass is 9.70. The molecule has 0 saturated heterocycles. The van der Waals surface area contributed by atoms with E-state index in [0.717, 1.165) is 45.0 Å². The molecule has 1 amide bonds. The maximum atomic E-state index is 13.3. The fourth-order valence-electron chi connectivity index (χ4n) is 4.33. The Morgan fingerprint density at radius 2 is 1.94 bits per heavy atom. The molecule has 0 saturated carbocycles. The molecule has 4 rings (SSSR count). The van der Waals surface area contributed by atoms with E-state index in [9.17, 15) is 9.59 Å². The van der Waals surface area contributed by atoms with Crippen LogP contribution in [0.5, 0.6) is 0 Å². The van der Waals surface area contributed by atoms with Crippen LogP contribution in [0.4, 0.5) is 5.69 Å². The molecular formula is C26H27IN2O3. The number of hydrogen-bond acceptors (Lipinski definition) is 4. The highest BCUT2D eigenvalue weighted by molar-refractivity contribution is 14.1. The van der Waals surface area contributed by atoms with Crippen LogP contribution in [0.3, 0.4) is 0 Å². The fraction of sp³-hybridized carbons (Fsp3) is 0.346. The second-order valence-electron chi connectivity index (χ2n) is 9.37. The summed E-state index contributed by atoms with van der Waals surface area (Å²) in [7, 11) is 0. The summed E-state index contributed by atoms with van der Waals surface area (Å²) in [5.74, 6) is -0.374. The second-order valence-corrected chi connectivity index (χ2v) is 10.6. The molecule has 5 nitrogen and oxygen atoms in total. The van der Waals surface area contributed by atoms with E-state index in [1.54, 1.807) is 6.07 Å². The third-order valence-corrected chi connectivity index (χ3v) is 6.80. The minimum atomic E-state index is -0.466. The van der Waals surface area contributed by atoms with Crippen molar-refractivity contribution in [3.63, 3.8) is 0 Å². The number of rotatable bonds is 4. The first-order valence-corrected chi connectivity index (χ1v) is 11.9. The van der Waals surface area contributed by atoms with Gasteiger partial charge in [-0.15, -0.1) is 0 Å². The highest BCUT2D eigenvalue weighted by atomic mass is 127. The summed E-state index contributed by atoms with van der Waals surface area (Å²) in [5.41, 5.74) is 4.10. The highest BCUT2D eigenvalue weighted by Gasteiger charge is 2.33. The summed E-state index contributed by atoms with van der Waals surface area (Å²) < 4.78 is 6.52. The molecule has 0 spiro atoms. The Balaban J connectivity index is 1.60. The summed E-state index contributed by atoms with van der Waals surface area (Å²) in [6.07, 6.45) is 2.68. The Hall–Kier alpha value is -2.48. The molecule has 1 unspecified atom stereocenters. The number of carbonyl (C=O) groups is 2. The van der Waals surface area contributed by atoms with Gasteiger partial charge in [-0.2, -0.15) is 0 Å². The predicted octanol–water partition coefficient (Wildman–Crippen LogP) is 5.79. The number of aryl methyl sites for hydroxylation is 1. The number of carbonyl (C=O) groups excluding carboxylic acids is 2. The van der Waals surface area contributed by atoms with E-state index in [4.69, 9.17) is 9.72 Å². The smallest absolute Gasteiger partial charge is 0.339 e. The largest absolute Gasteiger partial charge is 0.452 e. The number of fused-ring (bicyclic) bond motifs is 2. The minimum absolute atomic E-state index is 0.137. The molecule has 32 heavy (non-hydrogen) atoms. The van der Waals surface area contributed by atoms with Crippen LogP contribution in [0.2, 0.25) is 0 Å². The summed E-state index contributed by atoms with van der Waals surface area (Å²) in [6, 6.07) is 15.1. The molecule has 1 N–H and O–H groups in total. The van der Waals surface area contributed by atoms with Gasteiger partial charge >= 0.3 is 5.97 Å². The van der Waals surface area contributed by atoms with Gasteiger partial charge in [-0.05, 0) is 83.0 Å². The van der Waals surface area contributed by atoms with Crippen molar-refractivity contribution in [2.45, 2.75) is 40.0 Å². The van der Waals surface area contributed by atoms with Crippen LogP contribution in [0.15, 0.2) is 48.5 Å². The third-order valence-electron chi connectivity index (χ3n) is 6.13. The number of anilines is 1. The van der Waals surface area contributed by atoms with Crippen molar-refractivity contribution >= 4 is 51.1 Å². The first kappa shape index (κ1) is 22.7. The van der Waals surface area contributed by atoms with E-state index in [2.05, 4.69) is 48.7 Å². The van der Waals surface area contributed by atoms with Gasteiger partial charge in [0, 0.05) is 20.3 Å². The quantitative estimate of drug-likeness (QED) is 0.335. The Kier molecular flexibility index (Phi) is 6.51. The van der Waals surface area contributed by atoms with Gasteiger partial charge in [-0.3, -0.25) is 9.78 Å². The summed E-state index contributed by atoms with van der Waals surface area (Å²) in [5, 5.41) is 3.56. The van der Waals surface area contributed by atoms with E-state index in [1.807, 2.05) is 42.5 Å². The van der Waals surface area contributed by atoms with Crippen LogP contribution < -0.4 is 5.32 Å². The lowest BCUT2D eigenvalue weighted by Gasteiger charge is -2.35. The van der Waals surface area contributed by atoms with Gasteiger partial charge in [0.15, 0.2) is 6.61 Å². The predicted molar refractivity (Wildman–Crippen MR) is 135 cm³/mol. The third kappa shape index (κ3) is 4.95. The van der Waals surface area contributed by atoms with Crippen LogP contribution >= 0.6 is 22.6 Å². The summed E-state index contributed by atoms with van der Waals surface area (Å²) in [4.78, 5) is 30.5. The molecule has 1 aliphatic rings. The molecule has 0 radical (unpaired) electrons. The van der Waals surface area contributed by atoms with Crippen molar-refractivity contribution in [3.05, 3.63) is 68.9 Å². The molecule has 6 heteroatoms. The number of nitrogens with one attached hydrogen (secondary N) is 1. The van der Waals surface area contributed by atoms with Crippen molar-refractivity contribution in [2.75, 3.05) is 11.9 Å². The zero-order valence-corrected chi connectivity index (χ0v) is 20.7. The van der Waals surface area contributed by atoms with E-state index >= 15 is 0 Å². The highest BCUT2D eigenvalue weighted by Crippen LogP contribution is 2.39. The first-order chi connectivity index (χ1) is 15.2. The van der Waals surface area contributed by atoms with Crippen LogP contribution in [-0.2, 0) is 22.4 Å². The maximum absolute atomic E-state index is 13.3. The zero-order valence-electron chi connectivity index (χ0n) is 18.6. The zero-order chi connectivity index (χ0) is 22.9. The van der Waals surface area contributed by atoms with E-state index in [-0.39, 0.29) is 17.9 Å². The minimum Gasteiger partial charge on any atom is -0.452 e. The maximum Gasteiger partial charge on any atom is 0.339 e. The number of pyridine rings is 1. The van der Waals surface area contributed by atoms with Gasteiger partial charge in [-0.25, -0.2) is 4.79 Å². The number of ether oxygens (including phenoxy) is 1. The normalized spacial score (nSPS) is 15.8. The van der Waals surface area contributed by atoms with Gasteiger partial charge in [-0.1, -0.05) is 45.0 Å². The Labute approximate surface area is 202 Å². The van der Waals surface area contributed by atoms with Crippen LogP contribution in [0.25, 0.3) is 10.9 Å². The van der Waals surface area contributed by atoms with Crippen molar-refractivity contribution in [1.29, 1.82) is 0 Å². The molecule has 1 heterocycles. The van der Waals surface area contributed by atoms with Crippen LogP contribution in [0, 0.1) is 14.9 Å². The lowest BCUT2D eigenvalue weighted by Crippen LogP contribution is -2.29. The van der Waals surface area contributed by atoms with Crippen LogP contribution in [-0.4, -0.2) is 23.5 Å². The van der Waals surface area contributed by atoms with Crippen molar-refractivity contribution in [3.8, 4) is 0 Å². The number of aromatic nitrogens is 1. The summed E-state index contributed by atoms with van der Waals surface area (Å²) in [6.45, 7) is 6.39. The van der Waals surface area contributed by atoms with Gasteiger partial charge in [0.05, 0.1) is 11.1 Å². The molecule has 0 aliphatic heterocycles. The topological polar surface area (TPSA) is 68.3 Å². The van der Waals surface area contributed by atoms with E-state index < -0.39 is 5.97 Å². The number of esters is 1. The summed E-state index contributed by atoms with van der Waals surface area (Å²) >= 11 is 2.18. The first-order valence-electron chi connectivity index (χ1n) is 10.9. The lowest BCUT2D eigenvalue weighted by molar-refractivity contribution is -0.119. The Bertz CT molecular complexity index is 1180. The van der Waals surface area contributed by atoms with Gasteiger partial charge in [0.2, 0.25) is 0 Å². The molecule has 1 aromatic heterocycles. The van der Waals surface area contributed by atoms with Crippen molar-refractivity contribution < 1.29 is 14.3 Å².